The Balaban J connectivity index is 1.65. The van der Waals surface area contributed by atoms with Gasteiger partial charge in [-0.3, -0.25) is 9.69 Å². The van der Waals surface area contributed by atoms with Crippen LogP contribution in [0.1, 0.15) is 64.8 Å². The molecule has 2 aromatic rings. The van der Waals surface area contributed by atoms with E-state index in [-0.39, 0.29) is 11.9 Å². The van der Waals surface area contributed by atoms with Gasteiger partial charge in [-0.2, -0.15) is 0 Å². The van der Waals surface area contributed by atoms with E-state index in [1.54, 1.807) is 0 Å². The van der Waals surface area contributed by atoms with Gasteiger partial charge >= 0.3 is 0 Å². The number of benzene rings is 2. The van der Waals surface area contributed by atoms with E-state index >= 15 is 0 Å². The number of carbonyl (C=O) groups is 1. The first-order valence-corrected chi connectivity index (χ1v) is 9.76. The quantitative estimate of drug-likeness (QED) is 0.813. The van der Waals surface area contributed by atoms with Gasteiger partial charge in [-0.25, -0.2) is 0 Å². The third kappa shape index (κ3) is 4.53. The van der Waals surface area contributed by atoms with Crippen molar-refractivity contribution in [3.05, 3.63) is 70.3 Å². The van der Waals surface area contributed by atoms with Crippen LogP contribution in [-0.2, 0) is 6.54 Å². The Morgan fingerprint density at radius 3 is 2.38 bits per heavy atom. The van der Waals surface area contributed by atoms with E-state index < -0.39 is 0 Å². The van der Waals surface area contributed by atoms with Crippen LogP contribution in [0, 0.1) is 13.8 Å². The molecule has 0 aromatic heterocycles. The summed E-state index contributed by atoms with van der Waals surface area (Å²) in [5, 5.41) is 3.20. The molecule has 1 N–H and O–H groups in total. The summed E-state index contributed by atoms with van der Waals surface area (Å²) in [4.78, 5) is 15.2. The molecular weight excluding hydrogens is 320 g/mol. The predicted molar refractivity (Wildman–Crippen MR) is 107 cm³/mol. The molecule has 138 valence electrons. The summed E-state index contributed by atoms with van der Waals surface area (Å²) in [6.45, 7) is 9.70. The lowest BCUT2D eigenvalue weighted by molar-refractivity contribution is 0.0935. The Kier molecular flexibility index (Phi) is 6.10. The zero-order valence-corrected chi connectivity index (χ0v) is 16.2. The second kappa shape index (κ2) is 8.50. The van der Waals surface area contributed by atoms with Crippen molar-refractivity contribution in [2.24, 2.45) is 0 Å². The van der Waals surface area contributed by atoms with E-state index in [9.17, 15) is 4.79 Å². The van der Waals surface area contributed by atoms with Crippen LogP contribution in [0.25, 0.3) is 0 Å². The number of carbonyl (C=O) groups excluding carboxylic acids is 1. The Morgan fingerprint density at radius 2 is 1.77 bits per heavy atom. The molecule has 3 heteroatoms. The summed E-state index contributed by atoms with van der Waals surface area (Å²) in [6.07, 6.45) is 3.48. The summed E-state index contributed by atoms with van der Waals surface area (Å²) in [6, 6.07) is 14.6. The summed E-state index contributed by atoms with van der Waals surface area (Å²) < 4.78 is 0. The molecule has 0 saturated carbocycles. The van der Waals surface area contributed by atoms with Crippen molar-refractivity contribution in [3.63, 3.8) is 0 Å². The minimum atomic E-state index is 0.00421. The number of amides is 1. The summed E-state index contributed by atoms with van der Waals surface area (Å²) in [7, 11) is 0. The topological polar surface area (TPSA) is 32.3 Å². The molecule has 2 aromatic carbocycles. The number of hydrogen-bond donors (Lipinski definition) is 1. The minimum Gasteiger partial charge on any atom is -0.345 e. The SMILES string of the molecule is CC[C@@H](NC(=O)c1ccc(CN2CCCC2)cc1)c1ccc(C)cc1C. The fraction of sp³-hybridized carbons (Fsp3) is 0.435. The highest BCUT2D eigenvalue weighted by Gasteiger charge is 2.16. The summed E-state index contributed by atoms with van der Waals surface area (Å²) in [5.41, 5.74) is 5.71. The van der Waals surface area contributed by atoms with Crippen molar-refractivity contribution in [3.8, 4) is 0 Å². The van der Waals surface area contributed by atoms with E-state index in [1.165, 1.54) is 48.2 Å². The standard InChI is InChI=1S/C23H30N2O/c1-4-22(21-12-7-17(2)15-18(21)3)24-23(26)20-10-8-19(9-11-20)16-25-13-5-6-14-25/h7-12,15,22H,4-6,13-14,16H2,1-3H3,(H,24,26)/t22-/m1/s1. The molecule has 3 nitrogen and oxygen atoms in total. The van der Waals surface area contributed by atoms with Crippen molar-refractivity contribution in [2.75, 3.05) is 13.1 Å². The maximum Gasteiger partial charge on any atom is 0.251 e. The van der Waals surface area contributed by atoms with Gasteiger partial charge in [-0.15, -0.1) is 0 Å². The fourth-order valence-corrected chi connectivity index (χ4v) is 3.82. The highest BCUT2D eigenvalue weighted by Crippen LogP contribution is 2.22. The van der Waals surface area contributed by atoms with Crippen molar-refractivity contribution in [1.29, 1.82) is 0 Å². The molecule has 1 aliphatic rings. The molecule has 3 rings (SSSR count). The molecule has 1 saturated heterocycles. The van der Waals surface area contributed by atoms with Gasteiger partial charge in [-0.1, -0.05) is 42.8 Å². The van der Waals surface area contributed by atoms with E-state index in [4.69, 9.17) is 0 Å². The average molecular weight is 351 g/mol. The molecule has 0 unspecified atom stereocenters. The highest BCUT2D eigenvalue weighted by atomic mass is 16.1. The molecule has 1 fully saturated rings. The maximum atomic E-state index is 12.7. The molecule has 1 heterocycles. The van der Waals surface area contributed by atoms with E-state index in [2.05, 4.69) is 61.3 Å². The monoisotopic (exact) mass is 350 g/mol. The van der Waals surface area contributed by atoms with Crippen LogP contribution in [-0.4, -0.2) is 23.9 Å². The van der Waals surface area contributed by atoms with Crippen molar-refractivity contribution in [1.82, 2.24) is 10.2 Å². The predicted octanol–water partition coefficient (Wildman–Crippen LogP) is 4.78. The van der Waals surface area contributed by atoms with E-state index in [0.717, 1.165) is 18.5 Å². The average Bonchev–Trinajstić information content (AvgIpc) is 3.13. The van der Waals surface area contributed by atoms with Crippen LogP contribution in [0.4, 0.5) is 0 Å². The van der Waals surface area contributed by atoms with Crippen molar-refractivity contribution in [2.45, 2.75) is 52.6 Å². The van der Waals surface area contributed by atoms with Crippen LogP contribution in [0.5, 0.6) is 0 Å². The molecule has 1 aliphatic heterocycles. The van der Waals surface area contributed by atoms with Crippen LogP contribution >= 0.6 is 0 Å². The first-order chi connectivity index (χ1) is 12.6. The lowest BCUT2D eigenvalue weighted by Crippen LogP contribution is -2.28. The van der Waals surface area contributed by atoms with Crippen LogP contribution in [0.3, 0.4) is 0 Å². The molecule has 26 heavy (non-hydrogen) atoms. The van der Waals surface area contributed by atoms with Gasteiger partial charge in [-0.05, 0) is 75.0 Å². The fourth-order valence-electron chi connectivity index (χ4n) is 3.82. The van der Waals surface area contributed by atoms with Crippen molar-refractivity contribution < 1.29 is 4.79 Å². The number of nitrogens with zero attached hydrogens (tertiary/aromatic N) is 1. The Morgan fingerprint density at radius 1 is 1.08 bits per heavy atom. The molecule has 0 aliphatic carbocycles. The largest absolute Gasteiger partial charge is 0.345 e. The van der Waals surface area contributed by atoms with Crippen LogP contribution in [0.2, 0.25) is 0 Å². The second-order valence-corrected chi connectivity index (χ2v) is 7.47. The third-order valence-corrected chi connectivity index (χ3v) is 5.34. The van der Waals surface area contributed by atoms with Gasteiger partial charge in [0, 0.05) is 12.1 Å². The normalized spacial score (nSPS) is 15.8. The first kappa shape index (κ1) is 18.7. The zero-order valence-electron chi connectivity index (χ0n) is 16.2. The maximum absolute atomic E-state index is 12.7. The number of rotatable bonds is 6. The lowest BCUT2D eigenvalue weighted by Gasteiger charge is -2.20. The third-order valence-electron chi connectivity index (χ3n) is 5.34. The van der Waals surface area contributed by atoms with E-state index in [0.29, 0.717) is 0 Å². The molecule has 0 spiro atoms. The van der Waals surface area contributed by atoms with Gasteiger partial charge in [0.1, 0.15) is 0 Å². The summed E-state index contributed by atoms with van der Waals surface area (Å²) >= 11 is 0. The Labute approximate surface area is 157 Å². The Bertz CT molecular complexity index is 745. The number of nitrogens with one attached hydrogen (secondary N) is 1. The van der Waals surface area contributed by atoms with Gasteiger partial charge < -0.3 is 5.32 Å². The first-order valence-electron chi connectivity index (χ1n) is 9.76. The molecule has 1 amide bonds. The smallest absolute Gasteiger partial charge is 0.251 e. The lowest BCUT2D eigenvalue weighted by atomic mass is 9.97. The molecule has 0 radical (unpaired) electrons. The molecular formula is C23H30N2O. The molecule has 1 atom stereocenters. The molecule has 0 bridgehead atoms. The van der Waals surface area contributed by atoms with Crippen LogP contribution in [0.15, 0.2) is 42.5 Å². The Hall–Kier alpha value is -2.13. The number of hydrogen-bond acceptors (Lipinski definition) is 2. The zero-order chi connectivity index (χ0) is 18.5. The van der Waals surface area contributed by atoms with Crippen LogP contribution < -0.4 is 5.32 Å². The second-order valence-electron chi connectivity index (χ2n) is 7.47. The van der Waals surface area contributed by atoms with E-state index in [1.807, 2.05) is 12.1 Å². The van der Waals surface area contributed by atoms with Crippen molar-refractivity contribution >= 4 is 5.91 Å². The minimum absolute atomic E-state index is 0.00421. The highest BCUT2D eigenvalue weighted by molar-refractivity contribution is 5.94. The van der Waals surface area contributed by atoms with Gasteiger partial charge in [0.15, 0.2) is 0 Å². The summed E-state index contributed by atoms with van der Waals surface area (Å²) in [5.74, 6) is 0.00421. The number of aryl methyl sites for hydroxylation is 2. The van der Waals surface area contributed by atoms with Gasteiger partial charge in [0.25, 0.3) is 5.91 Å². The van der Waals surface area contributed by atoms with Gasteiger partial charge in [0.05, 0.1) is 6.04 Å². The van der Waals surface area contributed by atoms with Gasteiger partial charge in [0.2, 0.25) is 0 Å². The number of likely N-dealkylation sites (tertiary alicyclic amines) is 1.